The molecule has 1 N–H and O–H groups in total. The SMILES string of the molecule is O=C(Nc1ccc(F)cc1F)N1CCC(OCc2cccnc2)CC1. The summed E-state index contributed by atoms with van der Waals surface area (Å²) in [6.45, 7) is 1.53. The first-order chi connectivity index (χ1) is 12.1. The number of amides is 2. The van der Waals surface area contributed by atoms with Crippen molar-refractivity contribution >= 4 is 11.7 Å². The number of ether oxygens (including phenoxy) is 1. The first kappa shape index (κ1) is 17.3. The van der Waals surface area contributed by atoms with Crippen LogP contribution in [0, 0.1) is 11.6 Å². The highest BCUT2D eigenvalue weighted by Gasteiger charge is 2.23. The van der Waals surface area contributed by atoms with Crippen LogP contribution in [0.4, 0.5) is 19.3 Å². The summed E-state index contributed by atoms with van der Waals surface area (Å²) in [5, 5.41) is 2.48. The summed E-state index contributed by atoms with van der Waals surface area (Å²) in [4.78, 5) is 17.8. The largest absolute Gasteiger partial charge is 0.373 e. The zero-order valence-corrected chi connectivity index (χ0v) is 13.6. The van der Waals surface area contributed by atoms with Crippen LogP contribution >= 0.6 is 0 Å². The summed E-state index contributed by atoms with van der Waals surface area (Å²) in [7, 11) is 0. The van der Waals surface area contributed by atoms with Crippen LogP contribution in [0.25, 0.3) is 0 Å². The predicted molar refractivity (Wildman–Crippen MR) is 89.0 cm³/mol. The molecule has 0 saturated carbocycles. The van der Waals surface area contributed by atoms with Gasteiger partial charge in [0.15, 0.2) is 0 Å². The number of anilines is 1. The van der Waals surface area contributed by atoms with Gasteiger partial charge in [-0.1, -0.05) is 6.07 Å². The lowest BCUT2D eigenvalue weighted by Gasteiger charge is -2.32. The molecule has 0 atom stereocenters. The van der Waals surface area contributed by atoms with E-state index in [1.54, 1.807) is 17.3 Å². The fraction of sp³-hybridized carbons (Fsp3) is 0.333. The van der Waals surface area contributed by atoms with Gasteiger partial charge in [0.2, 0.25) is 0 Å². The molecule has 132 valence electrons. The maximum absolute atomic E-state index is 13.6. The Morgan fingerprint density at radius 3 is 2.76 bits per heavy atom. The van der Waals surface area contributed by atoms with Gasteiger partial charge in [0, 0.05) is 31.5 Å². The van der Waals surface area contributed by atoms with E-state index in [9.17, 15) is 13.6 Å². The number of aromatic nitrogens is 1. The number of likely N-dealkylation sites (tertiary alicyclic amines) is 1. The highest BCUT2D eigenvalue weighted by Crippen LogP contribution is 2.19. The molecule has 1 aromatic heterocycles. The van der Waals surface area contributed by atoms with E-state index >= 15 is 0 Å². The van der Waals surface area contributed by atoms with Gasteiger partial charge in [0.25, 0.3) is 0 Å². The molecule has 0 bridgehead atoms. The predicted octanol–water partition coefficient (Wildman–Crippen LogP) is 3.57. The van der Waals surface area contributed by atoms with E-state index in [2.05, 4.69) is 10.3 Å². The average Bonchev–Trinajstić information content (AvgIpc) is 2.63. The van der Waals surface area contributed by atoms with Crippen LogP contribution in [-0.2, 0) is 11.3 Å². The Morgan fingerprint density at radius 1 is 1.28 bits per heavy atom. The molecule has 25 heavy (non-hydrogen) atoms. The van der Waals surface area contributed by atoms with Crippen molar-refractivity contribution in [1.82, 2.24) is 9.88 Å². The number of hydrogen-bond donors (Lipinski definition) is 1. The Bertz CT molecular complexity index is 720. The lowest BCUT2D eigenvalue weighted by atomic mass is 10.1. The van der Waals surface area contributed by atoms with E-state index in [0.717, 1.165) is 17.7 Å². The molecular weight excluding hydrogens is 328 g/mol. The normalized spacial score (nSPS) is 15.2. The highest BCUT2D eigenvalue weighted by atomic mass is 19.1. The maximum Gasteiger partial charge on any atom is 0.321 e. The standard InChI is InChI=1S/C18H19F2N3O2/c19-14-3-4-17(16(20)10-14)22-18(24)23-8-5-15(6-9-23)25-12-13-2-1-7-21-11-13/h1-4,7,10-11,15H,5-6,8-9,12H2,(H,22,24). The summed E-state index contributed by atoms with van der Waals surface area (Å²) in [5.41, 5.74) is 0.982. The van der Waals surface area contributed by atoms with Gasteiger partial charge in [0.1, 0.15) is 11.6 Å². The first-order valence-electron chi connectivity index (χ1n) is 8.13. The summed E-state index contributed by atoms with van der Waals surface area (Å²) >= 11 is 0. The zero-order valence-electron chi connectivity index (χ0n) is 13.6. The van der Waals surface area contributed by atoms with Crippen LogP contribution < -0.4 is 5.32 Å². The first-order valence-corrected chi connectivity index (χ1v) is 8.13. The number of halogens is 2. The van der Waals surface area contributed by atoms with E-state index < -0.39 is 17.7 Å². The van der Waals surface area contributed by atoms with Gasteiger partial charge in [-0.2, -0.15) is 0 Å². The molecule has 2 amide bonds. The number of benzene rings is 1. The van der Waals surface area contributed by atoms with E-state index in [-0.39, 0.29) is 11.8 Å². The maximum atomic E-state index is 13.6. The minimum Gasteiger partial charge on any atom is -0.373 e. The van der Waals surface area contributed by atoms with Crippen LogP contribution in [0.5, 0.6) is 0 Å². The number of piperidine rings is 1. The lowest BCUT2D eigenvalue weighted by Crippen LogP contribution is -2.43. The topological polar surface area (TPSA) is 54.5 Å². The van der Waals surface area contributed by atoms with Crippen molar-refractivity contribution in [2.75, 3.05) is 18.4 Å². The Labute approximate surface area is 144 Å². The van der Waals surface area contributed by atoms with Gasteiger partial charge < -0.3 is 15.0 Å². The summed E-state index contributed by atoms with van der Waals surface area (Å²) in [6.07, 6.45) is 4.97. The highest BCUT2D eigenvalue weighted by molar-refractivity contribution is 5.89. The van der Waals surface area contributed by atoms with Crippen molar-refractivity contribution in [3.8, 4) is 0 Å². The fourth-order valence-corrected chi connectivity index (χ4v) is 2.71. The number of hydrogen-bond acceptors (Lipinski definition) is 3. The van der Waals surface area contributed by atoms with Gasteiger partial charge in [-0.15, -0.1) is 0 Å². The van der Waals surface area contributed by atoms with Crippen LogP contribution in [-0.4, -0.2) is 35.1 Å². The smallest absolute Gasteiger partial charge is 0.321 e. The van der Waals surface area contributed by atoms with Gasteiger partial charge in [0.05, 0.1) is 18.4 Å². The molecule has 2 aromatic rings. The van der Waals surface area contributed by atoms with Crippen molar-refractivity contribution in [2.45, 2.75) is 25.6 Å². The number of carbonyl (C=O) groups is 1. The number of pyridine rings is 1. The molecule has 7 heteroatoms. The third-order valence-electron chi connectivity index (χ3n) is 4.11. The molecule has 1 aromatic carbocycles. The molecule has 5 nitrogen and oxygen atoms in total. The molecular formula is C18H19F2N3O2. The quantitative estimate of drug-likeness (QED) is 0.920. The van der Waals surface area contributed by atoms with Crippen molar-refractivity contribution in [2.24, 2.45) is 0 Å². The number of rotatable bonds is 4. The molecule has 1 aliphatic heterocycles. The fourth-order valence-electron chi connectivity index (χ4n) is 2.71. The molecule has 0 radical (unpaired) electrons. The van der Waals surface area contributed by atoms with Crippen molar-refractivity contribution in [1.29, 1.82) is 0 Å². The molecule has 0 spiro atoms. The number of nitrogens with one attached hydrogen (secondary N) is 1. The van der Waals surface area contributed by atoms with Gasteiger partial charge in [-0.25, -0.2) is 13.6 Å². The van der Waals surface area contributed by atoms with Crippen LogP contribution in [0.15, 0.2) is 42.7 Å². The molecule has 1 aliphatic rings. The van der Waals surface area contributed by atoms with E-state index in [1.807, 2.05) is 12.1 Å². The molecule has 3 rings (SSSR count). The Kier molecular flexibility index (Phi) is 5.55. The van der Waals surface area contributed by atoms with Gasteiger partial charge in [-0.05, 0) is 36.6 Å². The Morgan fingerprint density at radius 2 is 2.08 bits per heavy atom. The third kappa shape index (κ3) is 4.73. The van der Waals surface area contributed by atoms with Crippen molar-refractivity contribution in [3.05, 3.63) is 59.9 Å². The van der Waals surface area contributed by atoms with Crippen LogP contribution in [0.2, 0.25) is 0 Å². The Balaban J connectivity index is 1.46. The second-order valence-corrected chi connectivity index (χ2v) is 5.91. The van der Waals surface area contributed by atoms with Crippen LogP contribution in [0.1, 0.15) is 18.4 Å². The lowest BCUT2D eigenvalue weighted by molar-refractivity contribution is 0.00529. The summed E-state index contributed by atoms with van der Waals surface area (Å²) in [6, 6.07) is 6.49. The second kappa shape index (κ2) is 8.02. The minimum atomic E-state index is -0.789. The molecule has 0 unspecified atom stereocenters. The van der Waals surface area contributed by atoms with Crippen LogP contribution in [0.3, 0.4) is 0 Å². The minimum absolute atomic E-state index is 0.0265. The average molecular weight is 347 g/mol. The second-order valence-electron chi connectivity index (χ2n) is 5.91. The van der Waals surface area contributed by atoms with Gasteiger partial charge in [-0.3, -0.25) is 4.98 Å². The van der Waals surface area contributed by atoms with Crippen molar-refractivity contribution in [3.63, 3.8) is 0 Å². The molecule has 2 heterocycles. The van der Waals surface area contributed by atoms with Gasteiger partial charge >= 0.3 is 6.03 Å². The Hall–Kier alpha value is -2.54. The van der Waals surface area contributed by atoms with E-state index in [0.29, 0.717) is 32.5 Å². The summed E-state index contributed by atoms with van der Waals surface area (Å²) in [5.74, 6) is -1.47. The van der Waals surface area contributed by atoms with E-state index in [1.165, 1.54) is 6.07 Å². The van der Waals surface area contributed by atoms with E-state index in [4.69, 9.17) is 4.74 Å². The molecule has 1 saturated heterocycles. The molecule has 1 fully saturated rings. The van der Waals surface area contributed by atoms with Crippen molar-refractivity contribution < 1.29 is 18.3 Å². The monoisotopic (exact) mass is 347 g/mol. The third-order valence-corrected chi connectivity index (χ3v) is 4.11. The number of carbonyl (C=O) groups excluding carboxylic acids is 1. The number of nitrogens with zero attached hydrogens (tertiary/aromatic N) is 2. The summed E-state index contributed by atoms with van der Waals surface area (Å²) < 4.78 is 32.3. The zero-order chi connectivity index (χ0) is 17.6. The molecule has 0 aliphatic carbocycles. The number of urea groups is 1.